The van der Waals surface area contributed by atoms with Crippen molar-refractivity contribution in [3.63, 3.8) is 0 Å². The molecule has 3 rings (SSSR count). The van der Waals surface area contributed by atoms with E-state index >= 15 is 0 Å². The average Bonchev–Trinajstić information content (AvgIpc) is 3.11. The molecule has 0 aliphatic rings. The zero-order chi connectivity index (χ0) is 15.7. The van der Waals surface area contributed by atoms with Crippen LogP contribution in [-0.2, 0) is 17.9 Å². The first kappa shape index (κ1) is 14.5. The lowest BCUT2D eigenvalue weighted by molar-refractivity contribution is -0.131. The number of rotatable bonds is 4. The molecular formula is C14H14N4O3S. The van der Waals surface area contributed by atoms with Crippen molar-refractivity contribution in [2.45, 2.75) is 20.0 Å². The number of carbonyl (C=O) groups is 1. The monoisotopic (exact) mass is 318 g/mol. The van der Waals surface area contributed by atoms with E-state index in [-0.39, 0.29) is 18.0 Å². The van der Waals surface area contributed by atoms with Gasteiger partial charge in [0.1, 0.15) is 22.8 Å². The number of aromatic nitrogens is 3. The van der Waals surface area contributed by atoms with Crippen LogP contribution in [0.15, 0.2) is 33.2 Å². The topological polar surface area (TPSA) is 81.2 Å². The van der Waals surface area contributed by atoms with E-state index in [0.717, 1.165) is 0 Å². The van der Waals surface area contributed by atoms with Crippen molar-refractivity contribution in [2.75, 3.05) is 7.05 Å². The van der Waals surface area contributed by atoms with Crippen molar-refractivity contribution in [3.8, 4) is 0 Å². The Labute approximate surface area is 129 Å². The summed E-state index contributed by atoms with van der Waals surface area (Å²) >= 11 is 1.40. The van der Waals surface area contributed by atoms with Crippen LogP contribution in [0.2, 0.25) is 0 Å². The summed E-state index contributed by atoms with van der Waals surface area (Å²) in [5.74, 6) is 0.498. The number of fused-ring (bicyclic) bond motifs is 1. The molecule has 0 saturated carbocycles. The van der Waals surface area contributed by atoms with Crippen LogP contribution in [-0.4, -0.2) is 32.6 Å². The summed E-state index contributed by atoms with van der Waals surface area (Å²) in [5, 5.41) is 6.20. The molecule has 22 heavy (non-hydrogen) atoms. The molecule has 8 heteroatoms. The summed E-state index contributed by atoms with van der Waals surface area (Å²) in [4.78, 5) is 30.8. The Balaban J connectivity index is 1.74. The Hall–Kier alpha value is -2.48. The van der Waals surface area contributed by atoms with Crippen LogP contribution >= 0.6 is 11.3 Å². The van der Waals surface area contributed by atoms with Crippen LogP contribution in [0.3, 0.4) is 0 Å². The molecular weight excluding hydrogens is 304 g/mol. The van der Waals surface area contributed by atoms with Crippen LogP contribution in [0.4, 0.5) is 0 Å². The van der Waals surface area contributed by atoms with E-state index in [0.29, 0.717) is 28.2 Å². The Morgan fingerprint density at radius 1 is 1.50 bits per heavy atom. The van der Waals surface area contributed by atoms with Crippen LogP contribution in [0, 0.1) is 6.92 Å². The Morgan fingerprint density at radius 3 is 3.05 bits per heavy atom. The zero-order valence-electron chi connectivity index (χ0n) is 12.1. The van der Waals surface area contributed by atoms with Gasteiger partial charge >= 0.3 is 0 Å². The first-order valence-corrected chi connectivity index (χ1v) is 7.51. The quantitative estimate of drug-likeness (QED) is 0.726. The molecule has 0 N–H and O–H groups in total. The number of thiophene rings is 1. The van der Waals surface area contributed by atoms with Gasteiger partial charge in [-0.2, -0.15) is 0 Å². The van der Waals surface area contributed by atoms with E-state index in [1.807, 2.05) is 5.38 Å². The minimum absolute atomic E-state index is 0.0506. The lowest BCUT2D eigenvalue weighted by Crippen LogP contribution is -2.33. The SMILES string of the molecule is Cc1cc(CN(C)C(=O)Cn2cnc3sccc3c2=O)no1. The van der Waals surface area contributed by atoms with E-state index in [2.05, 4.69) is 10.1 Å². The minimum Gasteiger partial charge on any atom is -0.361 e. The fourth-order valence-corrected chi connectivity index (χ4v) is 2.82. The normalized spacial score (nSPS) is 11.0. The van der Waals surface area contributed by atoms with E-state index in [9.17, 15) is 9.59 Å². The standard InChI is InChI=1S/C14H14N4O3S/c1-9-5-10(16-21-9)6-17(2)12(19)7-18-8-15-13-11(14(18)20)3-4-22-13/h3-5,8H,6-7H2,1-2H3. The van der Waals surface area contributed by atoms with Crippen molar-refractivity contribution >= 4 is 27.5 Å². The van der Waals surface area contributed by atoms with Gasteiger partial charge in [0.2, 0.25) is 5.91 Å². The molecule has 114 valence electrons. The van der Waals surface area contributed by atoms with E-state index in [4.69, 9.17) is 4.52 Å². The highest BCUT2D eigenvalue weighted by molar-refractivity contribution is 7.16. The van der Waals surface area contributed by atoms with Gasteiger partial charge in [-0.1, -0.05) is 5.16 Å². The number of hydrogen-bond acceptors (Lipinski definition) is 6. The fraction of sp³-hybridized carbons (Fsp3) is 0.286. The number of carbonyl (C=O) groups excluding carboxylic acids is 1. The van der Waals surface area contributed by atoms with Crippen molar-refractivity contribution in [1.29, 1.82) is 0 Å². The summed E-state index contributed by atoms with van der Waals surface area (Å²) in [6, 6.07) is 3.49. The molecule has 0 aliphatic heterocycles. The van der Waals surface area contributed by atoms with Crippen LogP contribution in [0.25, 0.3) is 10.2 Å². The van der Waals surface area contributed by atoms with Gasteiger partial charge in [0.05, 0.1) is 18.3 Å². The number of aryl methyl sites for hydroxylation is 1. The lowest BCUT2D eigenvalue weighted by Gasteiger charge is -2.16. The summed E-state index contributed by atoms with van der Waals surface area (Å²) in [6.45, 7) is 2.07. The predicted octanol–water partition coefficient (Wildman–Crippen LogP) is 1.41. The number of nitrogens with zero attached hydrogens (tertiary/aromatic N) is 4. The molecule has 0 saturated heterocycles. The van der Waals surface area contributed by atoms with Gasteiger partial charge in [0.15, 0.2) is 0 Å². The number of amides is 1. The molecule has 3 aromatic heterocycles. The van der Waals surface area contributed by atoms with E-state index in [1.54, 1.807) is 26.1 Å². The molecule has 0 spiro atoms. The second-order valence-electron chi connectivity index (χ2n) is 5.00. The van der Waals surface area contributed by atoms with Crippen molar-refractivity contribution in [1.82, 2.24) is 19.6 Å². The Morgan fingerprint density at radius 2 is 2.32 bits per heavy atom. The first-order chi connectivity index (χ1) is 10.5. The summed E-state index contributed by atoms with van der Waals surface area (Å²) in [6.07, 6.45) is 1.41. The summed E-state index contributed by atoms with van der Waals surface area (Å²) < 4.78 is 6.29. The van der Waals surface area contributed by atoms with Gasteiger partial charge < -0.3 is 9.42 Å². The highest BCUT2D eigenvalue weighted by Gasteiger charge is 2.14. The van der Waals surface area contributed by atoms with Crippen molar-refractivity contribution in [2.24, 2.45) is 0 Å². The van der Waals surface area contributed by atoms with Gasteiger partial charge in [-0.3, -0.25) is 14.2 Å². The third-order valence-electron chi connectivity index (χ3n) is 3.26. The molecule has 0 fully saturated rings. The van der Waals surface area contributed by atoms with Gasteiger partial charge in [-0.15, -0.1) is 11.3 Å². The molecule has 3 heterocycles. The van der Waals surface area contributed by atoms with Gasteiger partial charge in [0.25, 0.3) is 5.56 Å². The van der Waals surface area contributed by atoms with Gasteiger partial charge in [-0.05, 0) is 18.4 Å². The van der Waals surface area contributed by atoms with Gasteiger partial charge in [0, 0.05) is 13.1 Å². The highest BCUT2D eigenvalue weighted by Crippen LogP contribution is 2.13. The van der Waals surface area contributed by atoms with E-state index in [1.165, 1.54) is 27.1 Å². The molecule has 1 amide bonds. The maximum Gasteiger partial charge on any atom is 0.262 e. The predicted molar refractivity (Wildman–Crippen MR) is 81.6 cm³/mol. The van der Waals surface area contributed by atoms with Crippen LogP contribution < -0.4 is 5.56 Å². The third kappa shape index (κ3) is 2.77. The molecule has 0 bridgehead atoms. The average molecular weight is 318 g/mol. The molecule has 0 atom stereocenters. The maximum absolute atomic E-state index is 12.2. The van der Waals surface area contributed by atoms with Crippen LogP contribution in [0.1, 0.15) is 11.5 Å². The van der Waals surface area contributed by atoms with Crippen molar-refractivity contribution in [3.05, 3.63) is 45.6 Å². The largest absolute Gasteiger partial charge is 0.361 e. The zero-order valence-corrected chi connectivity index (χ0v) is 13.0. The first-order valence-electron chi connectivity index (χ1n) is 6.63. The molecule has 0 aromatic carbocycles. The second kappa shape index (κ2) is 5.72. The smallest absolute Gasteiger partial charge is 0.262 e. The highest BCUT2D eigenvalue weighted by atomic mass is 32.1. The molecule has 0 aliphatic carbocycles. The fourth-order valence-electron chi connectivity index (χ4n) is 2.10. The third-order valence-corrected chi connectivity index (χ3v) is 4.08. The lowest BCUT2D eigenvalue weighted by atomic mass is 10.3. The molecule has 0 unspecified atom stereocenters. The minimum atomic E-state index is -0.203. The summed E-state index contributed by atoms with van der Waals surface area (Å²) in [7, 11) is 1.66. The second-order valence-corrected chi connectivity index (χ2v) is 5.89. The van der Waals surface area contributed by atoms with Gasteiger partial charge in [-0.25, -0.2) is 4.98 Å². The number of hydrogen-bond donors (Lipinski definition) is 0. The maximum atomic E-state index is 12.2. The Kier molecular flexibility index (Phi) is 3.76. The Bertz CT molecular complexity index is 879. The van der Waals surface area contributed by atoms with E-state index < -0.39 is 0 Å². The summed E-state index contributed by atoms with van der Waals surface area (Å²) in [5.41, 5.74) is 0.470. The molecule has 0 radical (unpaired) electrons. The molecule has 3 aromatic rings. The van der Waals surface area contributed by atoms with Crippen LogP contribution in [0.5, 0.6) is 0 Å². The molecule has 7 nitrogen and oxygen atoms in total. The number of likely N-dealkylation sites (N-methyl/N-ethyl adjacent to an activating group) is 1. The van der Waals surface area contributed by atoms with Crippen molar-refractivity contribution < 1.29 is 9.32 Å².